The van der Waals surface area contributed by atoms with E-state index in [0.29, 0.717) is 17.4 Å². The molecule has 1 aliphatic carbocycles. The van der Waals surface area contributed by atoms with E-state index in [1.807, 2.05) is 18.5 Å². The highest BCUT2D eigenvalue weighted by molar-refractivity contribution is 7.90. The second-order valence-corrected chi connectivity index (χ2v) is 11.3. The topological polar surface area (TPSA) is 72.4 Å². The molecular formula is C26H28FN3O3S. The monoisotopic (exact) mass is 481 g/mol. The van der Waals surface area contributed by atoms with Gasteiger partial charge in [-0.3, -0.25) is 0 Å². The molecule has 2 heterocycles. The molecule has 3 atom stereocenters. The normalized spacial score (nSPS) is 22.1. The van der Waals surface area contributed by atoms with Crippen LogP contribution in [0.25, 0.3) is 11.1 Å². The average molecular weight is 482 g/mol. The fourth-order valence-corrected chi connectivity index (χ4v) is 5.68. The summed E-state index contributed by atoms with van der Waals surface area (Å²) in [4.78, 5) is 11.5. The molecule has 5 rings (SSSR count). The van der Waals surface area contributed by atoms with Crippen molar-refractivity contribution in [2.75, 3.05) is 24.2 Å². The van der Waals surface area contributed by atoms with Crippen LogP contribution in [0.2, 0.25) is 0 Å². The lowest BCUT2D eigenvalue weighted by molar-refractivity contribution is 0.192. The van der Waals surface area contributed by atoms with Gasteiger partial charge < -0.3 is 9.64 Å². The number of hydrogen-bond donors (Lipinski definition) is 0. The standard InChI is InChI=1S/C26H28FN3O3S/c1-3-17-13-28-26(29-14-17)30-15-20-10-22(11-21(20)16-30)33-25-9-6-19(12-24(25)27)18-4-7-23(8-5-18)34(2,31)32/h4-9,12-14,20-22H,3,10-11,15-16H2,1-2H3/t20-,21+,22?. The number of hydrogen-bond acceptors (Lipinski definition) is 6. The summed E-state index contributed by atoms with van der Waals surface area (Å²) in [5.74, 6) is 1.63. The van der Waals surface area contributed by atoms with Gasteiger partial charge in [-0.2, -0.15) is 0 Å². The first-order chi connectivity index (χ1) is 16.3. The first-order valence-electron chi connectivity index (χ1n) is 11.6. The van der Waals surface area contributed by atoms with Gasteiger partial charge in [0.2, 0.25) is 5.95 Å². The van der Waals surface area contributed by atoms with E-state index in [2.05, 4.69) is 21.8 Å². The van der Waals surface area contributed by atoms with Crippen LogP contribution in [0.4, 0.5) is 10.3 Å². The number of sulfone groups is 1. The van der Waals surface area contributed by atoms with Crippen LogP contribution in [0.5, 0.6) is 5.75 Å². The molecular weight excluding hydrogens is 453 g/mol. The van der Waals surface area contributed by atoms with Gasteiger partial charge in [0, 0.05) is 31.7 Å². The van der Waals surface area contributed by atoms with Crippen molar-refractivity contribution in [3.8, 4) is 16.9 Å². The van der Waals surface area contributed by atoms with Gasteiger partial charge >= 0.3 is 0 Å². The maximum absolute atomic E-state index is 14.8. The maximum Gasteiger partial charge on any atom is 0.225 e. The zero-order valence-electron chi connectivity index (χ0n) is 19.3. The van der Waals surface area contributed by atoms with Gasteiger partial charge in [-0.25, -0.2) is 22.8 Å². The quantitative estimate of drug-likeness (QED) is 0.515. The van der Waals surface area contributed by atoms with Crippen LogP contribution < -0.4 is 9.64 Å². The highest BCUT2D eigenvalue weighted by Crippen LogP contribution is 2.41. The fraction of sp³-hybridized carbons (Fsp3) is 0.385. The summed E-state index contributed by atoms with van der Waals surface area (Å²) in [7, 11) is -3.26. The van der Waals surface area contributed by atoms with E-state index < -0.39 is 15.7 Å². The van der Waals surface area contributed by atoms with Crippen LogP contribution in [0.1, 0.15) is 25.3 Å². The number of ether oxygens (including phenoxy) is 1. The van der Waals surface area contributed by atoms with Gasteiger partial charge in [0.1, 0.15) is 0 Å². The van der Waals surface area contributed by atoms with Crippen LogP contribution in [-0.2, 0) is 16.3 Å². The van der Waals surface area contributed by atoms with E-state index in [-0.39, 0.29) is 16.7 Å². The zero-order chi connectivity index (χ0) is 23.9. The highest BCUT2D eigenvalue weighted by Gasteiger charge is 2.42. The first-order valence-corrected chi connectivity index (χ1v) is 13.5. The molecule has 0 N–H and O–H groups in total. The molecule has 0 spiro atoms. The Balaban J connectivity index is 1.21. The van der Waals surface area contributed by atoms with E-state index in [1.54, 1.807) is 18.2 Å². The minimum atomic E-state index is -3.26. The molecule has 3 aromatic rings. The number of benzene rings is 2. The fourth-order valence-electron chi connectivity index (χ4n) is 5.05. The lowest BCUT2D eigenvalue weighted by Crippen LogP contribution is -2.25. The van der Waals surface area contributed by atoms with Gasteiger partial charge in [-0.1, -0.05) is 25.1 Å². The second kappa shape index (κ2) is 8.98. The van der Waals surface area contributed by atoms with Crippen molar-refractivity contribution in [2.45, 2.75) is 37.2 Å². The Morgan fingerprint density at radius 3 is 2.18 bits per heavy atom. The molecule has 1 unspecified atom stereocenters. The summed E-state index contributed by atoms with van der Waals surface area (Å²) >= 11 is 0. The predicted molar refractivity (Wildman–Crippen MR) is 129 cm³/mol. The molecule has 6 nitrogen and oxygen atoms in total. The Morgan fingerprint density at radius 1 is 1.00 bits per heavy atom. The van der Waals surface area contributed by atoms with Crippen LogP contribution in [0, 0.1) is 17.7 Å². The Hall–Kier alpha value is -3.00. The van der Waals surface area contributed by atoms with E-state index >= 15 is 0 Å². The highest BCUT2D eigenvalue weighted by atomic mass is 32.2. The molecule has 1 aromatic heterocycles. The van der Waals surface area contributed by atoms with E-state index in [9.17, 15) is 12.8 Å². The number of anilines is 1. The molecule has 2 fully saturated rings. The maximum atomic E-state index is 14.8. The molecule has 0 bridgehead atoms. The van der Waals surface area contributed by atoms with E-state index in [1.165, 1.54) is 24.5 Å². The van der Waals surface area contributed by atoms with Crippen LogP contribution in [0.3, 0.4) is 0 Å². The summed E-state index contributed by atoms with van der Waals surface area (Å²) < 4.78 is 44.2. The van der Waals surface area contributed by atoms with Crippen LogP contribution >= 0.6 is 0 Å². The second-order valence-electron chi connectivity index (χ2n) is 9.32. The molecule has 2 aromatic carbocycles. The number of aromatic nitrogens is 2. The Kier molecular flexibility index (Phi) is 6.02. The summed E-state index contributed by atoms with van der Waals surface area (Å²) in [6, 6.07) is 11.4. The molecule has 8 heteroatoms. The molecule has 178 valence electrons. The summed E-state index contributed by atoms with van der Waals surface area (Å²) in [6.07, 6.45) is 7.67. The van der Waals surface area contributed by atoms with Crippen molar-refractivity contribution in [1.82, 2.24) is 9.97 Å². The van der Waals surface area contributed by atoms with Gasteiger partial charge in [-0.15, -0.1) is 0 Å². The van der Waals surface area contributed by atoms with Crippen LogP contribution in [0.15, 0.2) is 59.8 Å². The predicted octanol–water partition coefficient (Wildman–Crippen LogP) is 4.54. The van der Waals surface area contributed by atoms with Crippen molar-refractivity contribution < 1.29 is 17.5 Å². The number of halogens is 1. The van der Waals surface area contributed by atoms with Crippen molar-refractivity contribution in [3.63, 3.8) is 0 Å². The van der Waals surface area contributed by atoms with Gasteiger partial charge in [-0.05, 0) is 72.1 Å². The third-order valence-corrected chi connectivity index (χ3v) is 8.06. The third-order valence-electron chi connectivity index (χ3n) is 6.93. The lowest BCUT2D eigenvalue weighted by Gasteiger charge is -2.20. The summed E-state index contributed by atoms with van der Waals surface area (Å²) in [5, 5.41) is 0. The molecule has 0 amide bonds. The number of rotatable bonds is 6. The zero-order valence-corrected chi connectivity index (χ0v) is 20.1. The van der Waals surface area contributed by atoms with Crippen molar-refractivity contribution in [3.05, 3.63) is 66.2 Å². The Morgan fingerprint density at radius 2 is 1.62 bits per heavy atom. The largest absolute Gasteiger partial charge is 0.487 e. The molecule has 34 heavy (non-hydrogen) atoms. The molecule has 1 saturated carbocycles. The first kappa shape index (κ1) is 22.8. The van der Waals surface area contributed by atoms with Gasteiger partial charge in [0.15, 0.2) is 21.4 Å². The van der Waals surface area contributed by atoms with E-state index in [0.717, 1.165) is 49.4 Å². The lowest BCUT2D eigenvalue weighted by atomic mass is 10.0. The number of fused-ring (bicyclic) bond motifs is 1. The van der Waals surface area contributed by atoms with Crippen molar-refractivity contribution in [2.24, 2.45) is 11.8 Å². The average Bonchev–Trinajstić information content (AvgIpc) is 3.39. The van der Waals surface area contributed by atoms with Crippen LogP contribution in [-0.4, -0.2) is 43.8 Å². The Labute approximate surface area is 199 Å². The smallest absolute Gasteiger partial charge is 0.225 e. The van der Waals surface area contributed by atoms with Crippen molar-refractivity contribution >= 4 is 15.8 Å². The summed E-state index contributed by atoms with van der Waals surface area (Å²) in [6.45, 7) is 3.90. The van der Waals surface area contributed by atoms with Gasteiger partial charge in [0.05, 0.1) is 11.0 Å². The van der Waals surface area contributed by atoms with Gasteiger partial charge in [0.25, 0.3) is 0 Å². The minimum absolute atomic E-state index is 0.00469. The Bertz CT molecular complexity index is 1270. The number of nitrogens with zero attached hydrogens (tertiary/aromatic N) is 3. The minimum Gasteiger partial charge on any atom is -0.487 e. The third kappa shape index (κ3) is 4.64. The van der Waals surface area contributed by atoms with Crippen molar-refractivity contribution in [1.29, 1.82) is 0 Å². The molecule has 1 saturated heterocycles. The SMILES string of the molecule is CCc1cnc(N2C[C@H]3CC(Oc4ccc(-c5ccc(S(C)(=O)=O)cc5)cc4F)C[C@H]3C2)nc1. The van der Waals surface area contributed by atoms with E-state index in [4.69, 9.17) is 4.74 Å². The molecule has 0 radical (unpaired) electrons. The molecule has 1 aliphatic heterocycles. The molecule has 2 aliphatic rings. The number of aryl methyl sites for hydroxylation is 1. The summed E-state index contributed by atoms with van der Waals surface area (Å²) in [5.41, 5.74) is 2.57.